The van der Waals surface area contributed by atoms with E-state index in [4.69, 9.17) is 9.47 Å². The fourth-order valence-corrected chi connectivity index (χ4v) is 1.34. The van der Waals surface area contributed by atoms with Crippen LogP contribution in [-0.4, -0.2) is 34.0 Å². The van der Waals surface area contributed by atoms with E-state index in [1.807, 2.05) is 13.0 Å². The van der Waals surface area contributed by atoms with Gasteiger partial charge in [-0.25, -0.2) is 9.97 Å². The summed E-state index contributed by atoms with van der Waals surface area (Å²) in [6.45, 7) is 1.89. The van der Waals surface area contributed by atoms with Crippen LogP contribution in [0.2, 0.25) is 0 Å². The normalized spacial score (nSPS) is 10.2. The minimum absolute atomic E-state index is 0.486. The summed E-state index contributed by atoms with van der Waals surface area (Å²) in [6, 6.07) is 3.52. The van der Waals surface area contributed by atoms with Crippen LogP contribution in [0.3, 0.4) is 0 Å². The topological polar surface area (TPSA) is 62.1 Å². The van der Waals surface area contributed by atoms with Crippen LogP contribution in [0.1, 0.15) is 5.69 Å². The van der Waals surface area contributed by atoms with Crippen molar-refractivity contribution < 1.29 is 9.47 Å². The van der Waals surface area contributed by atoms with E-state index in [1.54, 1.807) is 25.0 Å². The van der Waals surface area contributed by atoms with Gasteiger partial charge in [0.25, 0.3) is 0 Å². The summed E-state index contributed by atoms with van der Waals surface area (Å²) in [5.74, 6) is 1.72. The second-order valence-electron chi connectivity index (χ2n) is 3.16. The number of nitrogens with zero attached hydrogens (tertiary/aromatic N) is 4. The third-order valence-corrected chi connectivity index (χ3v) is 2.06. The zero-order valence-electron chi connectivity index (χ0n) is 9.34. The van der Waals surface area contributed by atoms with Crippen molar-refractivity contribution in [2.24, 2.45) is 0 Å². The third kappa shape index (κ3) is 1.81. The molecule has 2 heterocycles. The van der Waals surface area contributed by atoms with Crippen molar-refractivity contribution in [1.29, 1.82) is 0 Å². The van der Waals surface area contributed by atoms with E-state index in [2.05, 4.69) is 15.1 Å². The van der Waals surface area contributed by atoms with Gasteiger partial charge in [-0.1, -0.05) is 0 Å². The number of aryl methyl sites for hydroxylation is 1. The van der Waals surface area contributed by atoms with Crippen LogP contribution in [0.15, 0.2) is 18.5 Å². The Morgan fingerprint density at radius 2 is 1.94 bits per heavy atom. The Morgan fingerprint density at radius 3 is 2.62 bits per heavy atom. The molecule has 0 saturated carbocycles. The number of hydrogen-bond donors (Lipinski definition) is 0. The molecular formula is C10H12N4O2. The number of rotatable bonds is 3. The second kappa shape index (κ2) is 4.18. The predicted octanol–water partition coefficient (Wildman–Crippen LogP) is 0.988. The molecule has 0 radical (unpaired) electrons. The van der Waals surface area contributed by atoms with Gasteiger partial charge < -0.3 is 9.47 Å². The molecule has 6 heteroatoms. The molecule has 0 aromatic carbocycles. The highest BCUT2D eigenvalue weighted by Crippen LogP contribution is 2.18. The van der Waals surface area contributed by atoms with Gasteiger partial charge in [-0.2, -0.15) is 9.78 Å². The molecule has 0 aliphatic rings. The Balaban J connectivity index is 2.48. The maximum absolute atomic E-state index is 5.19. The summed E-state index contributed by atoms with van der Waals surface area (Å²) < 4.78 is 11.8. The van der Waals surface area contributed by atoms with Gasteiger partial charge >= 0.3 is 0 Å². The van der Waals surface area contributed by atoms with Crippen LogP contribution >= 0.6 is 0 Å². The van der Waals surface area contributed by atoms with Crippen molar-refractivity contribution in [3.05, 3.63) is 24.2 Å². The monoisotopic (exact) mass is 220 g/mol. The molecule has 2 rings (SSSR count). The van der Waals surface area contributed by atoms with Crippen LogP contribution in [0, 0.1) is 6.92 Å². The van der Waals surface area contributed by atoms with Gasteiger partial charge in [-0.3, -0.25) is 0 Å². The van der Waals surface area contributed by atoms with Gasteiger partial charge in [0, 0.05) is 12.1 Å². The molecule has 84 valence electrons. The first-order valence-corrected chi connectivity index (χ1v) is 4.71. The Bertz CT molecular complexity index is 495. The van der Waals surface area contributed by atoms with E-state index in [0.717, 1.165) is 5.69 Å². The van der Waals surface area contributed by atoms with Gasteiger partial charge in [-0.15, -0.1) is 0 Å². The zero-order valence-corrected chi connectivity index (χ0v) is 9.34. The molecule has 0 fully saturated rings. The zero-order chi connectivity index (χ0) is 11.5. The fraction of sp³-hybridized carbons (Fsp3) is 0.300. The number of hydrogen-bond acceptors (Lipinski definition) is 5. The highest BCUT2D eigenvalue weighted by atomic mass is 16.5. The maximum atomic E-state index is 5.19. The maximum Gasteiger partial charge on any atom is 0.218 e. The molecule has 6 nitrogen and oxygen atoms in total. The quantitative estimate of drug-likeness (QED) is 0.771. The first-order chi connectivity index (χ1) is 7.74. The van der Waals surface area contributed by atoms with Gasteiger partial charge in [0.05, 0.1) is 19.9 Å². The largest absolute Gasteiger partial charge is 0.481 e. The lowest BCUT2D eigenvalue weighted by molar-refractivity contribution is 0.379. The van der Waals surface area contributed by atoms with Crippen LogP contribution in [0.4, 0.5) is 0 Å². The second-order valence-corrected chi connectivity index (χ2v) is 3.16. The average molecular weight is 220 g/mol. The Kier molecular flexibility index (Phi) is 2.72. The Hall–Kier alpha value is -2.11. The van der Waals surface area contributed by atoms with Crippen molar-refractivity contribution in [1.82, 2.24) is 19.7 Å². The Labute approximate surface area is 92.9 Å². The average Bonchev–Trinajstić information content (AvgIpc) is 2.70. The van der Waals surface area contributed by atoms with Crippen LogP contribution in [-0.2, 0) is 0 Å². The summed E-state index contributed by atoms with van der Waals surface area (Å²) in [5.41, 5.74) is 0.856. The molecule has 2 aromatic heterocycles. The van der Waals surface area contributed by atoms with Crippen molar-refractivity contribution in [3.63, 3.8) is 0 Å². The number of aromatic nitrogens is 4. The summed E-state index contributed by atoms with van der Waals surface area (Å²) in [4.78, 5) is 8.04. The number of ether oxygens (including phenoxy) is 2. The molecule has 0 unspecified atom stereocenters. The SMILES string of the molecule is COc1cc(-n2nc(C)cc2OC)ncn1. The smallest absolute Gasteiger partial charge is 0.218 e. The third-order valence-electron chi connectivity index (χ3n) is 2.06. The van der Waals surface area contributed by atoms with E-state index in [0.29, 0.717) is 17.6 Å². The standard InChI is InChI=1S/C10H12N4O2/c1-7-4-10(16-3)14(13-7)8-5-9(15-2)12-6-11-8/h4-6H,1-3H3. The molecule has 16 heavy (non-hydrogen) atoms. The highest BCUT2D eigenvalue weighted by Gasteiger charge is 2.09. The lowest BCUT2D eigenvalue weighted by Crippen LogP contribution is -2.03. The van der Waals surface area contributed by atoms with Crippen molar-refractivity contribution in [2.45, 2.75) is 6.92 Å². The van der Waals surface area contributed by atoms with Crippen LogP contribution in [0.25, 0.3) is 5.82 Å². The Morgan fingerprint density at radius 1 is 1.12 bits per heavy atom. The molecule has 2 aromatic rings. The fourth-order valence-electron chi connectivity index (χ4n) is 1.34. The van der Waals surface area contributed by atoms with Gasteiger partial charge in [-0.05, 0) is 6.92 Å². The molecule has 0 aliphatic heterocycles. The molecule has 0 spiro atoms. The summed E-state index contributed by atoms with van der Waals surface area (Å²) in [7, 11) is 3.14. The van der Waals surface area contributed by atoms with Crippen molar-refractivity contribution in [3.8, 4) is 17.6 Å². The minimum atomic E-state index is 0.486. The summed E-state index contributed by atoms with van der Waals surface area (Å²) in [5, 5.41) is 4.27. The lowest BCUT2D eigenvalue weighted by atomic mass is 10.5. The molecule has 0 bridgehead atoms. The first kappa shape index (κ1) is 10.4. The van der Waals surface area contributed by atoms with Gasteiger partial charge in [0.2, 0.25) is 11.8 Å². The molecule has 0 atom stereocenters. The molecule has 0 amide bonds. The van der Waals surface area contributed by atoms with Crippen molar-refractivity contribution in [2.75, 3.05) is 14.2 Å². The first-order valence-electron chi connectivity index (χ1n) is 4.71. The molecule has 0 N–H and O–H groups in total. The van der Waals surface area contributed by atoms with E-state index in [1.165, 1.54) is 6.33 Å². The summed E-state index contributed by atoms with van der Waals surface area (Å²) in [6.07, 6.45) is 1.42. The summed E-state index contributed by atoms with van der Waals surface area (Å²) >= 11 is 0. The number of methoxy groups -OCH3 is 2. The lowest BCUT2D eigenvalue weighted by Gasteiger charge is -2.05. The van der Waals surface area contributed by atoms with Gasteiger partial charge in [0.15, 0.2) is 5.82 Å². The van der Waals surface area contributed by atoms with Crippen LogP contribution < -0.4 is 9.47 Å². The van der Waals surface area contributed by atoms with E-state index in [-0.39, 0.29) is 0 Å². The minimum Gasteiger partial charge on any atom is -0.481 e. The van der Waals surface area contributed by atoms with Gasteiger partial charge in [0.1, 0.15) is 6.33 Å². The highest BCUT2D eigenvalue weighted by molar-refractivity contribution is 5.31. The van der Waals surface area contributed by atoms with E-state index < -0.39 is 0 Å². The van der Waals surface area contributed by atoms with E-state index in [9.17, 15) is 0 Å². The molecular weight excluding hydrogens is 208 g/mol. The van der Waals surface area contributed by atoms with Crippen LogP contribution in [0.5, 0.6) is 11.8 Å². The molecule has 0 saturated heterocycles. The van der Waals surface area contributed by atoms with E-state index >= 15 is 0 Å². The molecule has 0 aliphatic carbocycles. The van der Waals surface area contributed by atoms with Crippen molar-refractivity contribution >= 4 is 0 Å². The predicted molar refractivity (Wildman–Crippen MR) is 57.0 cm³/mol.